The molecule has 1 aliphatic rings. The van der Waals surface area contributed by atoms with Gasteiger partial charge in [-0.2, -0.15) is 0 Å². The van der Waals surface area contributed by atoms with E-state index in [4.69, 9.17) is 9.47 Å². The van der Waals surface area contributed by atoms with Gasteiger partial charge in [0.25, 0.3) is 0 Å². The van der Waals surface area contributed by atoms with Gasteiger partial charge >= 0.3 is 0 Å². The molecule has 0 atom stereocenters. The molecule has 2 aromatic carbocycles. The summed E-state index contributed by atoms with van der Waals surface area (Å²) in [6, 6.07) is 13.1. The first-order valence-electron chi connectivity index (χ1n) is 6.67. The van der Waals surface area contributed by atoms with Crippen LogP contribution in [0, 0.1) is 6.92 Å². The Kier molecular flexibility index (Phi) is 3.60. The van der Waals surface area contributed by atoms with Gasteiger partial charge in [-0.3, -0.25) is 4.79 Å². The molecular weight excluding hydrogens is 266 g/mol. The Balaban J connectivity index is 1.69. The summed E-state index contributed by atoms with van der Waals surface area (Å²) in [7, 11) is 0. The van der Waals surface area contributed by atoms with Gasteiger partial charge in [-0.05, 0) is 36.8 Å². The minimum absolute atomic E-state index is 0.0885. The number of aryl methyl sites for hydroxylation is 1. The van der Waals surface area contributed by atoms with Crippen LogP contribution >= 0.6 is 0 Å². The number of benzene rings is 2. The molecule has 3 rings (SSSR count). The van der Waals surface area contributed by atoms with Crippen LogP contribution < -0.4 is 14.8 Å². The van der Waals surface area contributed by atoms with Crippen molar-refractivity contribution in [3.63, 3.8) is 0 Å². The second-order valence-electron chi connectivity index (χ2n) is 4.72. The van der Waals surface area contributed by atoms with Crippen molar-refractivity contribution in [3.8, 4) is 11.5 Å². The van der Waals surface area contributed by atoms with Crippen molar-refractivity contribution in [2.75, 3.05) is 12.1 Å². The van der Waals surface area contributed by atoms with E-state index in [9.17, 15) is 4.79 Å². The average Bonchev–Trinajstić information content (AvgIpc) is 2.96. The summed E-state index contributed by atoms with van der Waals surface area (Å²) in [4.78, 5) is 12.1. The maximum Gasteiger partial charge on any atom is 0.231 e. The van der Waals surface area contributed by atoms with Gasteiger partial charge in [-0.15, -0.1) is 0 Å². The first-order chi connectivity index (χ1) is 10.2. The van der Waals surface area contributed by atoms with Crippen LogP contribution in [0.5, 0.6) is 11.5 Å². The first-order valence-corrected chi connectivity index (χ1v) is 6.67. The van der Waals surface area contributed by atoms with Crippen LogP contribution in [0.4, 0.5) is 5.69 Å². The highest BCUT2D eigenvalue weighted by atomic mass is 16.7. The third-order valence-corrected chi connectivity index (χ3v) is 3.28. The number of carbonyl (C=O) groups is 1. The van der Waals surface area contributed by atoms with Gasteiger partial charge in [0.2, 0.25) is 6.79 Å². The van der Waals surface area contributed by atoms with Gasteiger partial charge in [-0.1, -0.05) is 18.2 Å². The van der Waals surface area contributed by atoms with Crippen LogP contribution in [-0.2, 0) is 0 Å². The first kappa shape index (κ1) is 13.2. The molecular formula is C17H15NO3. The molecule has 2 aromatic rings. The zero-order valence-electron chi connectivity index (χ0n) is 11.6. The third kappa shape index (κ3) is 2.89. The SMILES string of the molecule is Cc1ccccc1N/C=C/C(=O)c1ccc2c(c1)OCO2. The zero-order chi connectivity index (χ0) is 14.7. The van der Waals surface area contributed by atoms with Crippen LogP contribution in [0.25, 0.3) is 0 Å². The second-order valence-corrected chi connectivity index (χ2v) is 4.72. The number of allylic oxidation sites excluding steroid dienone is 1. The lowest BCUT2D eigenvalue weighted by Gasteiger charge is -2.04. The molecule has 1 aliphatic heterocycles. The Morgan fingerprint density at radius 1 is 1.14 bits per heavy atom. The standard InChI is InChI=1S/C17H15NO3/c1-12-4-2-3-5-14(12)18-9-8-15(19)13-6-7-16-17(10-13)21-11-20-16/h2-10,18H,11H2,1H3/b9-8+. The Morgan fingerprint density at radius 3 is 2.81 bits per heavy atom. The van der Waals surface area contributed by atoms with E-state index in [2.05, 4.69) is 5.32 Å². The molecule has 0 fully saturated rings. The summed E-state index contributed by atoms with van der Waals surface area (Å²) in [5.41, 5.74) is 2.67. The lowest BCUT2D eigenvalue weighted by Crippen LogP contribution is -1.97. The van der Waals surface area contributed by atoms with Gasteiger partial charge in [0.1, 0.15) is 0 Å². The van der Waals surface area contributed by atoms with Crippen molar-refractivity contribution < 1.29 is 14.3 Å². The Morgan fingerprint density at radius 2 is 1.95 bits per heavy atom. The molecule has 0 bridgehead atoms. The summed E-state index contributed by atoms with van der Waals surface area (Å²) < 4.78 is 10.5. The molecule has 0 aromatic heterocycles. The fourth-order valence-electron chi connectivity index (χ4n) is 2.09. The number of ether oxygens (including phenoxy) is 2. The van der Waals surface area contributed by atoms with Crippen molar-refractivity contribution >= 4 is 11.5 Å². The van der Waals surface area contributed by atoms with Crippen LogP contribution in [0.3, 0.4) is 0 Å². The molecule has 0 radical (unpaired) electrons. The second kappa shape index (κ2) is 5.71. The molecule has 0 unspecified atom stereocenters. The van der Waals surface area contributed by atoms with Gasteiger partial charge in [0.15, 0.2) is 17.3 Å². The van der Waals surface area contributed by atoms with Gasteiger partial charge < -0.3 is 14.8 Å². The lowest BCUT2D eigenvalue weighted by atomic mass is 10.1. The highest BCUT2D eigenvalue weighted by Crippen LogP contribution is 2.32. The average molecular weight is 281 g/mol. The highest BCUT2D eigenvalue weighted by molar-refractivity contribution is 6.05. The Bertz CT molecular complexity index is 707. The number of para-hydroxylation sites is 1. The lowest BCUT2D eigenvalue weighted by molar-refractivity contribution is 0.104. The van der Waals surface area contributed by atoms with Crippen molar-refractivity contribution in [3.05, 3.63) is 65.9 Å². The zero-order valence-corrected chi connectivity index (χ0v) is 11.6. The molecule has 0 aliphatic carbocycles. The van der Waals surface area contributed by atoms with Gasteiger partial charge in [0.05, 0.1) is 0 Å². The number of nitrogens with one attached hydrogen (secondary N) is 1. The van der Waals surface area contributed by atoms with E-state index in [1.165, 1.54) is 6.08 Å². The molecule has 0 spiro atoms. The van der Waals surface area contributed by atoms with Crippen molar-refractivity contribution in [2.45, 2.75) is 6.92 Å². The van der Waals surface area contributed by atoms with E-state index in [1.54, 1.807) is 24.4 Å². The number of carbonyl (C=O) groups excluding carboxylic acids is 1. The van der Waals surface area contributed by atoms with E-state index in [0.717, 1.165) is 11.3 Å². The smallest absolute Gasteiger partial charge is 0.231 e. The van der Waals surface area contributed by atoms with Gasteiger partial charge in [0, 0.05) is 23.5 Å². The van der Waals surface area contributed by atoms with E-state index in [1.807, 2.05) is 31.2 Å². The highest BCUT2D eigenvalue weighted by Gasteiger charge is 2.14. The molecule has 1 N–H and O–H groups in total. The van der Waals surface area contributed by atoms with E-state index in [0.29, 0.717) is 17.1 Å². The number of hydrogen-bond acceptors (Lipinski definition) is 4. The number of ketones is 1. The largest absolute Gasteiger partial charge is 0.454 e. The maximum atomic E-state index is 12.1. The number of anilines is 1. The normalized spacial score (nSPS) is 12.6. The van der Waals surface area contributed by atoms with Crippen molar-refractivity contribution in [1.82, 2.24) is 0 Å². The van der Waals surface area contributed by atoms with Gasteiger partial charge in [-0.25, -0.2) is 0 Å². The molecule has 21 heavy (non-hydrogen) atoms. The van der Waals surface area contributed by atoms with E-state index in [-0.39, 0.29) is 12.6 Å². The Hall–Kier alpha value is -2.75. The van der Waals surface area contributed by atoms with Crippen molar-refractivity contribution in [1.29, 1.82) is 0 Å². The molecule has 4 nitrogen and oxygen atoms in total. The topological polar surface area (TPSA) is 47.6 Å². The van der Waals surface area contributed by atoms with Crippen molar-refractivity contribution in [2.24, 2.45) is 0 Å². The summed E-state index contributed by atoms with van der Waals surface area (Å²) in [6.07, 6.45) is 3.15. The third-order valence-electron chi connectivity index (χ3n) is 3.28. The fourth-order valence-corrected chi connectivity index (χ4v) is 2.09. The quantitative estimate of drug-likeness (QED) is 0.688. The molecule has 0 saturated carbocycles. The molecule has 1 heterocycles. The summed E-state index contributed by atoms with van der Waals surface area (Å²) >= 11 is 0. The molecule has 0 saturated heterocycles. The predicted octanol–water partition coefficient (Wildman–Crippen LogP) is 3.53. The van der Waals surface area contributed by atoms with E-state index >= 15 is 0 Å². The number of fused-ring (bicyclic) bond motifs is 1. The fraction of sp³-hybridized carbons (Fsp3) is 0.118. The van der Waals surface area contributed by atoms with Crippen LogP contribution in [0.15, 0.2) is 54.7 Å². The number of rotatable bonds is 4. The monoisotopic (exact) mass is 281 g/mol. The maximum absolute atomic E-state index is 12.1. The molecule has 4 heteroatoms. The van der Waals surface area contributed by atoms with Crippen LogP contribution in [-0.4, -0.2) is 12.6 Å². The molecule has 0 amide bonds. The molecule has 106 valence electrons. The summed E-state index contributed by atoms with van der Waals surface area (Å²) in [6.45, 7) is 2.22. The summed E-state index contributed by atoms with van der Waals surface area (Å²) in [5.74, 6) is 1.20. The predicted molar refractivity (Wildman–Crippen MR) is 80.8 cm³/mol. The van der Waals surface area contributed by atoms with Crippen LogP contribution in [0.1, 0.15) is 15.9 Å². The summed E-state index contributed by atoms with van der Waals surface area (Å²) in [5, 5.41) is 3.11. The number of hydrogen-bond donors (Lipinski definition) is 1. The Labute approximate surface area is 123 Å². The minimum Gasteiger partial charge on any atom is -0.454 e. The van der Waals surface area contributed by atoms with E-state index < -0.39 is 0 Å². The van der Waals surface area contributed by atoms with Crippen LogP contribution in [0.2, 0.25) is 0 Å². The minimum atomic E-state index is -0.0885.